The van der Waals surface area contributed by atoms with Gasteiger partial charge in [0.15, 0.2) is 0 Å². The fraction of sp³-hybridized carbons (Fsp3) is 0.0769. The highest BCUT2D eigenvalue weighted by atomic mass is 35.5. The van der Waals surface area contributed by atoms with Crippen LogP contribution in [0.1, 0.15) is 5.69 Å². The number of hydrogen-bond acceptors (Lipinski definition) is 2. The van der Waals surface area contributed by atoms with Crippen LogP contribution in [0.25, 0.3) is 16.9 Å². The van der Waals surface area contributed by atoms with Crippen molar-refractivity contribution in [2.24, 2.45) is 0 Å². The lowest BCUT2D eigenvalue weighted by atomic mass is 10.2. The van der Waals surface area contributed by atoms with Gasteiger partial charge in [0.25, 0.3) is 5.56 Å². The average molecular weight is 260 g/mol. The molecule has 1 N–H and O–H groups in total. The number of fused-ring (bicyclic) bond motifs is 1. The third-order valence-corrected chi connectivity index (χ3v) is 3.05. The molecule has 0 aliphatic carbocycles. The topological polar surface area (TPSA) is 50.2 Å². The van der Waals surface area contributed by atoms with Crippen LogP contribution in [0.4, 0.5) is 0 Å². The van der Waals surface area contributed by atoms with Crippen LogP contribution in [0, 0.1) is 0 Å². The molecule has 90 valence electrons. The third-order valence-electron chi connectivity index (χ3n) is 2.76. The maximum absolute atomic E-state index is 11.8. The first kappa shape index (κ1) is 11.0. The van der Waals surface area contributed by atoms with E-state index < -0.39 is 0 Å². The molecular weight excluding hydrogens is 250 g/mol. The molecule has 2 heterocycles. The maximum atomic E-state index is 11.8. The molecule has 0 atom stereocenters. The van der Waals surface area contributed by atoms with E-state index in [1.54, 1.807) is 16.8 Å². The van der Waals surface area contributed by atoms with E-state index in [-0.39, 0.29) is 11.4 Å². The van der Waals surface area contributed by atoms with E-state index in [2.05, 4.69) is 9.97 Å². The average Bonchev–Trinajstić information content (AvgIpc) is 2.84. The van der Waals surface area contributed by atoms with Gasteiger partial charge in [0.05, 0.1) is 12.1 Å². The number of benzene rings is 1. The van der Waals surface area contributed by atoms with Gasteiger partial charge in [-0.25, -0.2) is 4.98 Å². The van der Waals surface area contributed by atoms with Crippen molar-refractivity contribution in [1.82, 2.24) is 14.4 Å². The minimum atomic E-state index is -0.178. The number of nitrogens with zero attached hydrogens (tertiary/aromatic N) is 2. The van der Waals surface area contributed by atoms with Gasteiger partial charge in [0, 0.05) is 17.5 Å². The van der Waals surface area contributed by atoms with Crippen LogP contribution in [-0.4, -0.2) is 14.4 Å². The molecule has 0 fully saturated rings. The number of H-pyrrole nitrogens is 1. The number of hydrogen-bond donors (Lipinski definition) is 1. The SMILES string of the molecule is O=c1[nH]c(CCl)cn2c(-c3ccccc3)ncc12. The summed E-state index contributed by atoms with van der Waals surface area (Å²) < 4.78 is 1.77. The molecule has 3 aromatic rings. The molecule has 0 saturated carbocycles. The normalized spacial score (nSPS) is 10.9. The predicted octanol–water partition coefficient (Wildman–Crippen LogP) is 2.43. The van der Waals surface area contributed by atoms with Gasteiger partial charge in [-0.3, -0.25) is 9.20 Å². The lowest BCUT2D eigenvalue weighted by molar-refractivity contribution is 1.03. The van der Waals surface area contributed by atoms with Crippen LogP contribution in [0.5, 0.6) is 0 Å². The molecule has 0 bridgehead atoms. The molecule has 1 aromatic carbocycles. The molecule has 0 aliphatic rings. The molecule has 0 unspecified atom stereocenters. The van der Waals surface area contributed by atoms with Crippen molar-refractivity contribution < 1.29 is 0 Å². The number of aromatic nitrogens is 3. The first-order valence-electron chi connectivity index (χ1n) is 5.50. The van der Waals surface area contributed by atoms with Gasteiger partial charge < -0.3 is 4.98 Å². The molecule has 2 aromatic heterocycles. The van der Waals surface area contributed by atoms with Crippen LogP contribution in [-0.2, 0) is 5.88 Å². The van der Waals surface area contributed by atoms with Crippen molar-refractivity contribution in [3.05, 3.63) is 58.8 Å². The fourth-order valence-electron chi connectivity index (χ4n) is 1.93. The number of rotatable bonds is 2. The van der Waals surface area contributed by atoms with E-state index in [9.17, 15) is 4.79 Å². The summed E-state index contributed by atoms with van der Waals surface area (Å²) in [4.78, 5) is 18.8. The molecule has 5 heteroatoms. The number of imidazole rings is 1. The van der Waals surface area contributed by atoms with E-state index in [1.807, 2.05) is 30.3 Å². The van der Waals surface area contributed by atoms with Crippen molar-refractivity contribution in [1.29, 1.82) is 0 Å². The Labute approximate surface area is 108 Å². The minimum Gasteiger partial charge on any atom is -0.322 e. The summed E-state index contributed by atoms with van der Waals surface area (Å²) in [6.45, 7) is 0. The summed E-state index contributed by atoms with van der Waals surface area (Å²) in [7, 11) is 0. The Morgan fingerprint density at radius 2 is 2.06 bits per heavy atom. The van der Waals surface area contributed by atoms with E-state index in [1.165, 1.54) is 0 Å². The molecule has 18 heavy (non-hydrogen) atoms. The Bertz CT molecular complexity index is 746. The summed E-state index contributed by atoms with van der Waals surface area (Å²) in [6.07, 6.45) is 3.37. The Hall–Kier alpha value is -2.07. The highest BCUT2D eigenvalue weighted by Crippen LogP contribution is 2.18. The van der Waals surface area contributed by atoms with Crippen molar-refractivity contribution in [3.63, 3.8) is 0 Å². The van der Waals surface area contributed by atoms with E-state index >= 15 is 0 Å². The third kappa shape index (κ3) is 1.71. The van der Waals surface area contributed by atoms with Gasteiger partial charge in [-0.2, -0.15) is 0 Å². The number of halogens is 1. The number of aromatic amines is 1. The van der Waals surface area contributed by atoms with E-state index in [0.29, 0.717) is 11.2 Å². The summed E-state index contributed by atoms with van der Waals surface area (Å²) >= 11 is 5.76. The number of nitrogens with one attached hydrogen (secondary N) is 1. The van der Waals surface area contributed by atoms with Crippen molar-refractivity contribution in [2.45, 2.75) is 5.88 Å². The Balaban J connectivity index is 2.32. The highest BCUT2D eigenvalue weighted by Gasteiger charge is 2.09. The summed E-state index contributed by atoms with van der Waals surface area (Å²) in [5, 5.41) is 0. The molecule has 0 saturated heterocycles. The second kappa shape index (κ2) is 4.31. The standard InChI is InChI=1S/C13H10ClN3O/c14-6-10-8-17-11(13(18)16-10)7-15-12(17)9-4-2-1-3-5-9/h1-5,7-8H,6H2,(H,16,18). The Morgan fingerprint density at radius 3 is 2.78 bits per heavy atom. The van der Waals surface area contributed by atoms with Crippen LogP contribution < -0.4 is 5.56 Å². The van der Waals surface area contributed by atoms with Gasteiger partial charge >= 0.3 is 0 Å². The van der Waals surface area contributed by atoms with Crippen LogP contribution >= 0.6 is 11.6 Å². The largest absolute Gasteiger partial charge is 0.322 e. The van der Waals surface area contributed by atoms with Gasteiger partial charge in [0.1, 0.15) is 11.3 Å². The fourth-order valence-corrected chi connectivity index (χ4v) is 2.06. The quantitative estimate of drug-likeness (QED) is 0.719. The van der Waals surface area contributed by atoms with Crippen molar-refractivity contribution >= 4 is 17.1 Å². The van der Waals surface area contributed by atoms with Crippen LogP contribution in [0.3, 0.4) is 0 Å². The molecule has 0 aliphatic heterocycles. The zero-order valence-corrected chi connectivity index (χ0v) is 10.2. The van der Waals surface area contributed by atoms with Crippen molar-refractivity contribution in [3.8, 4) is 11.4 Å². The molecule has 4 nitrogen and oxygen atoms in total. The van der Waals surface area contributed by atoms with Crippen LogP contribution in [0.2, 0.25) is 0 Å². The first-order valence-corrected chi connectivity index (χ1v) is 6.03. The Kier molecular flexibility index (Phi) is 2.64. The molecule has 0 amide bonds. The lowest BCUT2D eigenvalue weighted by Gasteiger charge is -2.02. The van der Waals surface area contributed by atoms with Gasteiger partial charge in [-0.05, 0) is 0 Å². The molecular formula is C13H10ClN3O. The second-order valence-electron chi connectivity index (χ2n) is 3.95. The minimum absolute atomic E-state index is 0.178. The first-order chi connectivity index (χ1) is 8.79. The van der Waals surface area contributed by atoms with E-state index in [0.717, 1.165) is 11.4 Å². The molecule has 0 radical (unpaired) electrons. The predicted molar refractivity (Wildman–Crippen MR) is 70.8 cm³/mol. The molecule has 0 spiro atoms. The maximum Gasteiger partial charge on any atom is 0.274 e. The summed E-state index contributed by atoms with van der Waals surface area (Å²) in [5.41, 5.74) is 1.97. The molecule has 3 rings (SSSR count). The van der Waals surface area contributed by atoms with E-state index in [4.69, 9.17) is 11.6 Å². The highest BCUT2D eigenvalue weighted by molar-refractivity contribution is 6.16. The van der Waals surface area contributed by atoms with Gasteiger partial charge in [0.2, 0.25) is 0 Å². The summed E-state index contributed by atoms with van der Waals surface area (Å²) in [5.74, 6) is 1.00. The zero-order chi connectivity index (χ0) is 12.5. The zero-order valence-electron chi connectivity index (χ0n) is 9.43. The van der Waals surface area contributed by atoms with Crippen LogP contribution in [0.15, 0.2) is 47.5 Å². The number of alkyl halides is 1. The Morgan fingerprint density at radius 1 is 1.28 bits per heavy atom. The van der Waals surface area contributed by atoms with Crippen molar-refractivity contribution in [2.75, 3.05) is 0 Å². The second-order valence-corrected chi connectivity index (χ2v) is 4.21. The summed E-state index contributed by atoms with van der Waals surface area (Å²) in [6, 6.07) is 9.72. The van der Waals surface area contributed by atoms with Gasteiger partial charge in [-0.1, -0.05) is 30.3 Å². The smallest absolute Gasteiger partial charge is 0.274 e. The lowest BCUT2D eigenvalue weighted by Crippen LogP contribution is -2.11. The monoisotopic (exact) mass is 259 g/mol. The van der Waals surface area contributed by atoms with Gasteiger partial charge in [-0.15, -0.1) is 11.6 Å².